The van der Waals surface area contributed by atoms with Crippen LogP contribution in [0.15, 0.2) is 24.3 Å². The van der Waals surface area contributed by atoms with Gasteiger partial charge in [0.05, 0.1) is 0 Å². The highest BCUT2D eigenvalue weighted by atomic mass is 16.2. The van der Waals surface area contributed by atoms with E-state index in [1.54, 1.807) is 4.90 Å². The topological polar surface area (TPSA) is 58.4 Å². The van der Waals surface area contributed by atoms with Crippen molar-refractivity contribution in [2.24, 2.45) is 11.7 Å². The molecule has 4 nitrogen and oxygen atoms in total. The van der Waals surface area contributed by atoms with E-state index in [0.717, 1.165) is 25.9 Å². The van der Waals surface area contributed by atoms with Crippen molar-refractivity contribution in [3.8, 4) is 0 Å². The monoisotopic (exact) mass is 331 g/mol. The molecule has 1 fully saturated rings. The van der Waals surface area contributed by atoms with E-state index in [9.17, 15) is 4.79 Å². The average molecular weight is 332 g/mol. The zero-order chi connectivity index (χ0) is 17.9. The largest absolute Gasteiger partial charge is 0.351 e. The summed E-state index contributed by atoms with van der Waals surface area (Å²) in [5, 5.41) is 3.81. The third kappa shape index (κ3) is 4.73. The Bertz CT molecular complexity index is 537. The van der Waals surface area contributed by atoms with Crippen LogP contribution in [0.4, 0.5) is 4.79 Å². The average Bonchev–Trinajstić information content (AvgIpc) is 2.52. The van der Waals surface area contributed by atoms with Crippen LogP contribution in [0.25, 0.3) is 0 Å². The molecule has 0 spiro atoms. The molecule has 1 aromatic carbocycles. The van der Waals surface area contributed by atoms with Crippen molar-refractivity contribution in [2.45, 2.75) is 65.0 Å². The third-order valence-electron chi connectivity index (χ3n) is 5.02. The minimum absolute atomic E-state index is 0.181. The Labute approximate surface area is 146 Å². The minimum atomic E-state index is -0.299. The van der Waals surface area contributed by atoms with Crippen LogP contribution in [0.5, 0.6) is 0 Å². The van der Waals surface area contributed by atoms with Crippen molar-refractivity contribution < 1.29 is 4.79 Å². The quantitative estimate of drug-likeness (QED) is 0.881. The molecule has 0 bridgehead atoms. The van der Waals surface area contributed by atoms with Gasteiger partial charge in [-0.2, -0.15) is 0 Å². The van der Waals surface area contributed by atoms with Gasteiger partial charge in [0.1, 0.15) is 0 Å². The van der Waals surface area contributed by atoms with Crippen molar-refractivity contribution in [3.63, 3.8) is 0 Å². The summed E-state index contributed by atoms with van der Waals surface area (Å²) in [5.41, 5.74) is 8.26. The van der Waals surface area contributed by atoms with Gasteiger partial charge in [0.15, 0.2) is 0 Å². The van der Waals surface area contributed by atoms with Gasteiger partial charge in [-0.3, -0.25) is 0 Å². The maximum absolute atomic E-state index is 11.3. The van der Waals surface area contributed by atoms with Gasteiger partial charge in [-0.05, 0) is 35.3 Å². The van der Waals surface area contributed by atoms with Gasteiger partial charge in [-0.25, -0.2) is 4.79 Å². The second kappa shape index (κ2) is 7.56. The molecular formula is C20H33N3O. The number of benzene rings is 1. The number of piperidine rings is 1. The molecule has 1 atom stereocenters. The maximum atomic E-state index is 11.3. The fourth-order valence-electron chi connectivity index (χ4n) is 3.38. The summed E-state index contributed by atoms with van der Waals surface area (Å²) in [7, 11) is 0. The fraction of sp³-hybridized carbons (Fsp3) is 0.650. The standard InChI is InChI=1S/C20H33N3O/c1-14(2)18(15-6-8-16(9-7-15)20(3,4)5)22-17-10-12-23(13-11-17)19(21)24/h6-9,14,17-18,22H,10-13H2,1-5H3,(H2,21,24)/t18-/m0/s1. The highest BCUT2D eigenvalue weighted by molar-refractivity contribution is 5.72. The molecule has 0 radical (unpaired) electrons. The third-order valence-corrected chi connectivity index (χ3v) is 5.02. The molecule has 24 heavy (non-hydrogen) atoms. The van der Waals surface area contributed by atoms with Crippen molar-refractivity contribution in [2.75, 3.05) is 13.1 Å². The molecule has 134 valence electrons. The fourth-order valence-corrected chi connectivity index (χ4v) is 3.38. The molecular weight excluding hydrogens is 298 g/mol. The van der Waals surface area contributed by atoms with E-state index in [0.29, 0.717) is 18.0 Å². The van der Waals surface area contributed by atoms with Crippen LogP contribution in [0.3, 0.4) is 0 Å². The molecule has 4 heteroatoms. The lowest BCUT2D eigenvalue weighted by Crippen LogP contribution is -2.48. The molecule has 1 saturated heterocycles. The molecule has 2 amide bonds. The summed E-state index contributed by atoms with van der Waals surface area (Å²) in [6.07, 6.45) is 1.93. The number of carbonyl (C=O) groups excluding carboxylic acids is 1. The van der Waals surface area contributed by atoms with E-state index < -0.39 is 0 Å². The highest BCUT2D eigenvalue weighted by Crippen LogP contribution is 2.28. The summed E-state index contributed by atoms with van der Waals surface area (Å²) in [6.45, 7) is 12.7. The van der Waals surface area contributed by atoms with Gasteiger partial charge in [0.25, 0.3) is 0 Å². The lowest BCUT2D eigenvalue weighted by Gasteiger charge is -2.35. The molecule has 0 saturated carbocycles. The van der Waals surface area contributed by atoms with Gasteiger partial charge >= 0.3 is 6.03 Å². The maximum Gasteiger partial charge on any atom is 0.314 e. The number of urea groups is 1. The van der Waals surface area contributed by atoms with Gasteiger partial charge in [0, 0.05) is 25.2 Å². The number of hydrogen-bond acceptors (Lipinski definition) is 2. The normalized spacial score (nSPS) is 18.0. The number of nitrogens with one attached hydrogen (secondary N) is 1. The molecule has 0 unspecified atom stereocenters. The summed E-state index contributed by atoms with van der Waals surface area (Å²) in [6, 6.07) is 9.50. The summed E-state index contributed by atoms with van der Waals surface area (Å²) < 4.78 is 0. The van der Waals surface area contributed by atoms with Crippen LogP contribution >= 0.6 is 0 Å². The van der Waals surface area contributed by atoms with E-state index in [-0.39, 0.29) is 11.4 Å². The van der Waals surface area contributed by atoms with Gasteiger partial charge in [-0.15, -0.1) is 0 Å². The van der Waals surface area contributed by atoms with Gasteiger partial charge in [-0.1, -0.05) is 58.9 Å². The van der Waals surface area contributed by atoms with Crippen LogP contribution < -0.4 is 11.1 Å². The molecule has 3 N–H and O–H groups in total. The number of rotatable bonds is 4. The SMILES string of the molecule is CC(C)[C@H](NC1CCN(C(N)=O)CC1)c1ccc(C(C)(C)C)cc1. The molecule has 1 aromatic rings. The molecule has 0 aromatic heterocycles. The van der Waals surface area contributed by atoms with Crippen LogP contribution in [-0.4, -0.2) is 30.1 Å². The van der Waals surface area contributed by atoms with E-state index >= 15 is 0 Å². The first-order valence-electron chi connectivity index (χ1n) is 9.09. The minimum Gasteiger partial charge on any atom is -0.351 e. The first-order chi connectivity index (χ1) is 11.2. The zero-order valence-corrected chi connectivity index (χ0v) is 15.8. The predicted octanol–water partition coefficient (Wildman–Crippen LogP) is 3.81. The van der Waals surface area contributed by atoms with Gasteiger partial charge in [0.2, 0.25) is 0 Å². The van der Waals surface area contributed by atoms with E-state index in [2.05, 4.69) is 64.2 Å². The number of amides is 2. The summed E-state index contributed by atoms with van der Waals surface area (Å²) in [4.78, 5) is 13.0. The molecule has 1 aliphatic rings. The number of carbonyl (C=O) groups is 1. The van der Waals surface area contributed by atoms with Crippen LogP contribution in [0.1, 0.15) is 64.6 Å². The van der Waals surface area contributed by atoms with Crippen LogP contribution in [0, 0.1) is 5.92 Å². The van der Waals surface area contributed by atoms with E-state index in [1.807, 2.05) is 0 Å². The Balaban J connectivity index is 2.04. The smallest absolute Gasteiger partial charge is 0.314 e. The molecule has 1 aliphatic heterocycles. The van der Waals surface area contributed by atoms with Crippen molar-refractivity contribution in [1.82, 2.24) is 10.2 Å². The second-order valence-electron chi connectivity index (χ2n) is 8.36. The molecule has 0 aliphatic carbocycles. The Kier molecular flexibility index (Phi) is 5.92. The van der Waals surface area contributed by atoms with Crippen molar-refractivity contribution in [3.05, 3.63) is 35.4 Å². The number of hydrogen-bond donors (Lipinski definition) is 2. The Morgan fingerprint density at radius 1 is 1.17 bits per heavy atom. The lowest BCUT2D eigenvalue weighted by molar-refractivity contribution is 0.179. The zero-order valence-electron chi connectivity index (χ0n) is 15.8. The van der Waals surface area contributed by atoms with Crippen molar-refractivity contribution in [1.29, 1.82) is 0 Å². The second-order valence-corrected chi connectivity index (χ2v) is 8.36. The van der Waals surface area contributed by atoms with Gasteiger partial charge < -0.3 is 16.0 Å². The Morgan fingerprint density at radius 2 is 1.71 bits per heavy atom. The summed E-state index contributed by atoms with van der Waals surface area (Å²) in [5.74, 6) is 0.514. The lowest BCUT2D eigenvalue weighted by atomic mass is 9.85. The highest BCUT2D eigenvalue weighted by Gasteiger charge is 2.25. The number of primary amides is 1. The van der Waals surface area contributed by atoms with E-state index in [1.165, 1.54) is 11.1 Å². The van der Waals surface area contributed by atoms with Crippen LogP contribution in [0.2, 0.25) is 0 Å². The van der Waals surface area contributed by atoms with Crippen molar-refractivity contribution >= 4 is 6.03 Å². The predicted molar refractivity (Wildman–Crippen MR) is 100 cm³/mol. The molecule has 1 heterocycles. The summed E-state index contributed by atoms with van der Waals surface area (Å²) >= 11 is 0. The first kappa shape index (κ1) is 18.8. The number of likely N-dealkylation sites (tertiary alicyclic amines) is 1. The Hall–Kier alpha value is -1.55. The molecule has 2 rings (SSSR count). The number of nitrogens with zero attached hydrogens (tertiary/aromatic N) is 1. The van der Waals surface area contributed by atoms with Crippen LogP contribution in [-0.2, 0) is 5.41 Å². The Morgan fingerprint density at radius 3 is 2.12 bits per heavy atom. The van der Waals surface area contributed by atoms with E-state index in [4.69, 9.17) is 5.73 Å². The first-order valence-corrected chi connectivity index (χ1v) is 9.09. The number of nitrogens with two attached hydrogens (primary N) is 1.